The summed E-state index contributed by atoms with van der Waals surface area (Å²) in [6.45, 7) is 10.6. The van der Waals surface area contributed by atoms with Gasteiger partial charge in [-0.15, -0.1) is 0 Å². The molecule has 3 heterocycles. The van der Waals surface area contributed by atoms with Gasteiger partial charge in [0.25, 0.3) is 5.56 Å². The highest BCUT2D eigenvalue weighted by Gasteiger charge is 2.29. The minimum atomic E-state index is -0.542. The highest BCUT2D eigenvalue weighted by Crippen LogP contribution is 2.27. The van der Waals surface area contributed by atoms with Gasteiger partial charge in [0.15, 0.2) is 5.65 Å². The van der Waals surface area contributed by atoms with Crippen LogP contribution in [0.4, 0.5) is 4.79 Å². The Morgan fingerprint density at radius 3 is 2.74 bits per heavy atom. The van der Waals surface area contributed by atoms with Crippen LogP contribution < -0.4 is 5.56 Å². The smallest absolute Gasteiger partial charge is 0.410 e. The molecule has 3 rings (SSSR count). The fourth-order valence-electron chi connectivity index (χ4n) is 3.87. The molecular formula is C22H32N4O5. The Morgan fingerprint density at radius 1 is 1.32 bits per heavy atom. The lowest BCUT2D eigenvalue weighted by Crippen LogP contribution is -2.42. The normalized spacial score (nSPS) is 17.1. The fraction of sp³-hybridized carbons (Fsp3) is 0.636. The first-order valence-corrected chi connectivity index (χ1v) is 10.8. The first-order valence-electron chi connectivity index (χ1n) is 10.8. The molecule has 2 aromatic heterocycles. The van der Waals surface area contributed by atoms with Gasteiger partial charge in [0.05, 0.1) is 6.61 Å². The van der Waals surface area contributed by atoms with Gasteiger partial charge in [-0.1, -0.05) is 0 Å². The molecule has 1 amide bonds. The first kappa shape index (κ1) is 22.8. The Labute approximate surface area is 181 Å². The van der Waals surface area contributed by atoms with E-state index in [-0.39, 0.29) is 36.4 Å². The first-order chi connectivity index (χ1) is 14.6. The van der Waals surface area contributed by atoms with Gasteiger partial charge in [-0.2, -0.15) is 0 Å². The van der Waals surface area contributed by atoms with Gasteiger partial charge in [-0.25, -0.2) is 14.3 Å². The summed E-state index contributed by atoms with van der Waals surface area (Å²) in [5.41, 5.74) is 1.75. The van der Waals surface area contributed by atoms with Gasteiger partial charge in [-0.05, 0) is 53.9 Å². The Morgan fingerprint density at radius 2 is 2.06 bits per heavy atom. The maximum Gasteiger partial charge on any atom is 0.410 e. The van der Waals surface area contributed by atoms with Crippen LogP contribution in [0.3, 0.4) is 0 Å². The van der Waals surface area contributed by atoms with Gasteiger partial charge < -0.3 is 14.4 Å². The van der Waals surface area contributed by atoms with Crippen LogP contribution in [0, 0.1) is 6.92 Å². The van der Waals surface area contributed by atoms with Crippen molar-refractivity contribution < 1.29 is 19.1 Å². The molecule has 1 N–H and O–H groups in total. The molecule has 1 saturated heterocycles. The molecule has 9 heteroatoms. The molecule has 0 aliphatic carbocycles. The van der Waals surface area contributed by atoms with E-state index in [0.717, 1.165) is 18.5 Å². The van der Waals surface area contributed by atoms with Gasteiger partial charge in [-0.3, -0.25) is 14.7 Å². The lowest BCUT2D eigenvalue weighted by Gasteiger charge is -2.33. The predicted molar refractivity (Wildman–Crippen MR) is 115 cm³/mol. The van der Waals surface area contributed by atoms with E-state index >= 15 is 0 Å². The Kier molecular flexibility index (Phi) is 6.71. The molecule has 0 aromatic carbocycles. The highest BCUT2D eigenvalue weighted by atomic mass is 16.6. The molecule has 31 heavy (non-hydrogen) atoms. The van der Waals surface area contributed by atoms with Crippen LogP contribution in [0.2, 0.25) is 0 Å². The summed E-state index contributed by atoms with van der Waals surface area (Å²) in [7, 11) is 0. The molecule has 1 aliphatic heterocycles. The summed E-state index contributed by atoms with van der Waals surface area (Å²) in [6.07, 6.45) is 1.85. The van der Waals surface area contributed by atoms with Crippen molar-refractivity contribution in [3.8, 4) is 0 Å². The lowest BCUT2D eigenvalue weighted by molar-refractivity contribution is -0.143. The Balaban J connectivity index is 1.80. The number of aromatic amines is 1. The average molecular weight is 433 g/mol. The zero-order valence-electron chi connectivity index (χ0n) is 19.0. The monoisotopic (exact) mass is 432 g/mol. The molecule has 170 valence electrons. The van der Waals surface area contributed by atoms with Crippen molar-refractivity contribution in [3.05, 3.63) is 33.4 Å². The zero-order chi connectivity index (χ0) is 22.8. The van der Waals surface area contributed by atoms with Crippen molar-refractivity contribution in [2.24, 2.45) is 0 Å². The number of likely N-dealkylation sites (tertiary alicyclic amines) is 1. The molecule has 9 nitrogen and oxygen atoms in total. The number of rotatable bonds is 5. The van der Waals surface area contributed by atoms with Crippen molar-refractivity contribution in [2.45, 2.75) is 71.8 Å². The van der Waals surface area contributed by atoms with Gasteiger partial charge >= 0.3 is 12.1 Å². The van der Waals surface area contributed by atoms with Crippen LogP contribution in [0.5, 0.6) is 0 Å². The molecule has 0 saturated carbocycles. The number of aromatic nitrogens is 3. The van der Waals surface area contributed by atoms with Gasteiger partial charge in [0.1, 0.15) is 5.60 Å². The van der Waals surface area contributed by atoms with E-state index < -0.39 is 5.60 Å². The van der Waals surface area contributed by atoms with Crippen LogP contribution in [0.15, 0.2) is 10.9 Å². The third-order valence-corrected chi connectivity index (χ3v) is 5.33. The number of carbonyl (C=O) groups is 2. The summed E-state index contributed by atoms with van der Waals surface area (Å²) in [5, 5.41) is 3.17. The number of piperidine rings is 1. The predicted octanol–water partition coefficient (Wildman–Crippen LogP) is 2.94. The van der Waals surface area contributed by atoms with E-state index in [9.17, 15) is 14.4 Å². The third kappa shape index (κ3) is 5.45. The maximum absolute atomic E-state index is 13.0. The molecule has 0 unspecified atom stereocenters. The Bertz CT molecular complexity index is 1020. The minimum absolute atomic E-state index is 0.0608. The number of aryl methyl sites for hydroxylation is 1. The molecule has 1 atom stereocenters. The Hall–Kier alpha value is -2.84. The number of ether oxygens (including phenoxy) is 2. The molecule has 1 aliphatic rings. The molecule has 0 radical (unpaired) electrons. The number of carbonyl (C=O) groups excluding carboxylic acids is 2. The fourth-order valence-corrected chi connectivity index (χ4v) is 3.87. The molecular weight excluding hydrogens is 400 g/mol. The van der Waals surface area contributed by atoms with Crippen LogP contribution in [-0.2, 0) is 20.7 Å². The second kappa shape index (κ2) is 9.11. The summed E-state index contributed by atoms with van der Waals surface area (Å²) < 4.78 is 11.9. The summed E-state index contributed by atoms with van der Waals surface area (Å²) in [5.74, 6) is -0.270. The maximum atomic E-state index is 13.0. The zero-order valence-corrected chi connectivity index (χ0v) is 19.0. The van der Waals surface area contributed by atoms with Crippen molar-refractivity contribution in [1.29, 1.82) is 0 Å². The minimum Gasteiger partial charge on any atom is -0.466 e. The van der Waals surface area contributed by atoms with Crippen molar-refractivity contribution in [1.82, 2.24) is 19.5 Å². The number of esters is 1. The van der Waals surface area contributed by atoms with Crippen molar-refractivity contribution >= 4 is 17.7 Å². The van der Waals surface area contributed by atoms with E-state index in [2.05, 4.69) is 10.1 Å². The summed E-state index contributed by atoms with van der Waals surface area (Å²) in [4.78, 5) is 43.4. The molecule has 2 aromatic rings. The number of fused-ring (bicyclic) bond motifs is 1. The van der Waals surface area contributed by atoms with Gasteiger partial charge in [0, 0.05) is 48.4 Å². The summed E-state index contributed by atoms with van der Waals surface area (Å²) in [6, 6.07) is 1.87. The molecule has 0 bridgehead atoms. The quantitative estimate of drug-likeness (QED) is 0.728. The van der Waals surface area contributed by atoms with Crippen LogP contribution in [0.1, 0.15) is 69.8 Å². The van der Waals surface area contributed by atoms with E-state index in [4.69, 9.17) is 9.47 Å². The number of H-pyrrole nitrogens is 1. The average Bonchev–Trinajstić information content (AvgIpc) is 3.11. The molecule has 0 spiro atoms. The van der Waals surface area contributed by atoms with E-state index in [1.165, 1.54) is 4.52 Å². The second-order valence-electron chi connectivity index (χ2n) is 8.96. The second-order valence-corrected chi connectivity index (χ2v) is 8.96. The van der Waals surface area contributed by atoms with Crippen molar-refractivity contribution in [3.63, 3.8) is 0 Å². The van der Waals surface area contributed by atoms with Gasteiger partial charge in [0.2, 0.25) is 0 Å². The number of hydrogen-bond donors (Lipinski definition) is 1. The topological polar surface area (TPSA) is 106 Å². The number of hydrogen-bond acceptors (Lipinski definition) is 6. The lowest BCUT2D eigenvalue weighted by atomic mass is 9.95. The van der Waals surface area contributed by atoms with E-state index in [1.807, 2.05) is 26.8 Å². The summed E-state index contributed by atoms with van der Waals surface area (Å²) >= 11 is 0. The standard InChI is InChI=1S/C22H32N4O5/c1-6-30-19(27)10-9-16-14(2)23-18-12-17(24-26(18)20(16)28)15-8-7-11-25(13-15)21(29)31-22(3,4)5/h12,15,24H,6-11,13H2,1-5H3/t15-/m0/s1. The number of amides is 1. The SMILES string of the molecule is CCOC(=O)CCc1c(C)nc2cc([C@H]3CCCN(C(=O)OC(C)(C)C)C3)[nH]n2c1=O. The number of nitrogens with one attached hydrogen (secondary N) is 1. The molecule has 1 fully saturated rings. The van der Waals surface area contributed by atoms with E-state index in [0.29, 0.717) is 36.6 Å². The largest absolute Gasteiger partial charge is 0.466 e. The highest BCUT2D eigenvalue weighted by molar-refractivity contribution is 5.69. The van der Waals surface area contributed by atoms with E-state index in [1.54, 1.807) is 18.7 Å². The third-order valence-electron chi connectivity index (χ3n) is 5.33. The van der Waals surface area contributed by atoms with Crippen LogP contribution in [-0.4, -0.2) is 56.9 Å². The number of nitrogens with zero attached hydrogens (tertiary/aromatic N) is 3. The van der Waals surface area contributed by atoms with Crippen molar-refractivity contribution in [2.75, 3.05) is 19.7 Å². The van der Waals surface area contributed by atoms with Crippen LogP contribution >= 0.6 is 0 Å². The van der Waals surface area contributed by atoms with Crippen LogP contribution in [0.25, 0.3) is 5.65 Å².